The molecule has 12 heavy (non-hydrogen) atoms. The van der Waals surface area contributed by atoms with Gasteiger partial charge in [0, 0.05) is 5.56 Å². The Balaban J connectivity index is 3.25. The van der Waals surface area contributed by atoms with Crippen molar-refractivity contribution in [2.24, 2.45) is 0 Å². The number of rotatable bonds is 2. The number of aromatic hydroxyl groups is 1. The summed E-state index contributed by atoms with van der Waals surface area (Å²) in [4.78, 5) is 20.9. The van der Waals surface area contributed by atoms with Gasteiger partial charge < -0.3 is 5.11 Å². The van der Waals surface area contributed by atoms with Crippen LogP contribution in [0.4, 0.5) is 0 Å². The first kappa shape index (κ1) is 8.74. The standard InChI is InChI=1S/C8H5ClO3/c9-8-5(7(12)4-10)2-1-3-6(8)11/h1-4,11H. The molecule has 0 heterocycles. The van der Waals surface area contributed by atoms with Crippen molar-refractivity contribution < 1.29 is 14.7 Å². The Labute approximate surface area is 73.6 Å². The van der Waals surface area contributed by atoms with Crippen LogP contribution >= 0.6 is 11.6 Å². The Morgan fingerprint density at radius 2 is 2.17 bits per heavy atom. The molecule has 0 bridgehead atoms. The second-order valence-electron chi connectivity index (χ2n) is 2.12. The zero-order chi connectivity index (χ0) is 9.14. The summed E-state index contributed by atoms with van der Waals surface area (Å²) < 4.78 is 0. The van der Waals surface area contributed by atoms with Crippen molar-refractivity contribution in [2.75, 3.05) is 0 Å². The zero-order valence-electron chi connectivity index (χ0n) is 5.95. The first-order valence-corrected chi connectivity index (χ1v) is 3.51. The highest BCUT2D eigenvalue weighted by Crippen LogP contribution is 2.26. The second kappa shape index (κ2) is 3.36. The maximum atomic E-state index is 10.8. The number of halogens is 1. The van der Waals surface area contributed by atoms with Crippen LogP contribution in [0.1, 0.15) is 10.4 Å². The largest absolute Gasteiger partial charge is 0.506 e. The predicted molar refractivity (Wildman–Crippen MR) is 43.5 cm³/mol. The monoisotopic (exact) mass is 184 g/mol. The van der Waals surface area contributed by atoms with Gasteiger partial charge in [-0.3, -0.25) is 9.59 Å². The van der Waals surface area contributed by atoms with E-state index in [1.54, 1.807) is 0 Å². The van der Waals surface area contributed by atoms with Crippen molar-refractivity contribution in [2.45, 2.75) is 0 Å². The first-order valence-electron chi connectivity index (χ1n) is 3.14. The predicted octanol–water partition coefficient (Wildman–Crippen LogP) is 1.43. The SMILES string of the molecule is O=CC(=O)c1cccc(O)c1Cl. The van der Waals surface area contributed by atoms with Gasteiger partial charge in [-0.05, 0) is 12.1 Å². The molecule has 0 spiro atoms. The number of phenols is 1. The molecule has 1 aromatic rings. The number of Topliss-reactive ketones (excluding diaryl/α,β-unsaturated/α-hetero) is 1. The Morgan fingerprint density at radius 3 is 2.75 bits per heavy atom. The average Bonchev–Trinajstić information content (AvgIpc) is 2.08. The summed E-state index contributed by atoms with van der Waals surface area (Å²) in [6.45, 7) is 0. The molecule has 0 aliphatic heterocycles. The number of phenolic OH excluding ortho intramolecular Hbond substituents is 1. The van der Waals surface area contributed by atoms with Crippen LogP contribution < -0.4 is 0 Å². The molecule has 1 N–H and O–H groups in total. The van der Waals surface area contributed by atoms with E-state index in [9.17, 15) is 9.59 Å². The van der Waals surface area contributed by atoms with Gasteiger partial charge in [0.15, 0.2) is 6.29 Å². The molecule has 1 rings (SSSR count). The summed E-state index contributed by atoms with van der Waals surface area (Å²) in [7, 11) is 0. The fourth-order valence-electron chi connectivity index (χ4n) is 0.774. The molecular weight excluding hydrogens is 180 g/mol. The van der Waals surface area contributed by atoms with Gasteiger partial charge >= 0.3 is 0 Å². The number of carbonyl (C=O) groups is 2. The van der Waals surface area contributed by atoms with Crippen LogP contribution in [-0.4, -0.2) is 17.2 Å². The van der Waals surface area contributed by atoms with Gasteiger partial charge in [-0.15, -0.1) is 0 Å². The van der Waals surface area contributed by atoms with Crippen molar-refractivity contribution in [3.05, 3.63) is 28.8 Å². The lowest BCUT2D eigenvalue weighted by molar-refractivity contribution is -0.104. The Hall–Kier alpha value is -1.35. The minimum absolute atomic E-state index is 0.0201. The summed E-state index contributed by atoms with van der Waals surface area (Å²) in [6.07, 6.45) is 0.153. The van der Waals surface area contributed by atoms with Crippen LogP contribution in [0.5, 0.6) is 5.75 Å². The molecular formula is C8H5ClO3. The molecule has 0 aliphatic carbocycles. The minimum Gasteiger partial charge on any atom is -0.506 e. The van der Waals surface area contributed by atoms with E-state index in [1.807, 2.05) is 0 Å². The van der Waals surface area contributed by atoms with E-state index < -0.39 is 5.78 Å². The fraction of sp³-hybridized carbons (Fsp3) is 0. The van der Waals surface area contributed by atoms with Gasteiger partial charge in [-0.1, -0.05) is 17.7 Å². The maximum absolute atomic E-state index is 10.8. The molecule has 3 nitrogen and oxygen atoms in total. The number of hydrogen-bond acceptors (Lipinski definition) is 3. The summed E-state index contributed by atoms with van der Waals surface area (Å²) in [5.74, 6) is -0.944. The van der Waals surface area contributed by atoms with Gasteiger partial charge in [0.2, 0.25) is 5.78 Å². The highest BCUT2D eigenvalue weighted by molar-refractivity contribution is 6.42. The summed E-state index contributed by atoms with van der Waals surface area (Å²) >= 11 is 5.54. The number of aldehydes is 1. The highest BCUT2D eigenvalue weighted by atomic mass is 35.5. The third-order valence-corrected chi connectivity index (χ3v) is 1.75. The molecule has 0 radical (unpaired) electrons. The van der Waals surface area contributed by atoms with Gasteiger partial charge in [0.05, 0.1) is 5.02 Å². The van der Waals surface area contributed by atoms with Crippen LogP contribution in [0.2, 0.25) is 5.02 Å². The number of carbonyl (C=O) groups excluding carboxylic acids is 2. The van der Waals surface area contributed by atoms with Crippen molar-refractivity contribution in [1.82, 2.24) is 0 Å². The van der Waals surface area contributed by atoms with Gasteiger partial charge in [0.1, 0.15) is 5.75 Å². The van der Waals surface area contributed by atoms with E-state index in [4.69, 9.17) is 16.7 Å². The topological polar surface area (TPSA) is 54.4 Å². The highest BCUT2D eigenvalue weighted by Gasteiger charge is 2.11. The molecule has 1 aromatic carbocycles. The molecule has 0 amide bonds. The van der Waals surface area contributed by atoms with Crippen molar-refractivity contribution in [3.8, 4) is 5.75 Å². The number of benzene rings is 1. The lowest BCUT2D eigenvalue weighted by atomic mass is 10.1. The molecule has 0 atom stereocenters. The Morgan fingerprint density at radius 1 is 1.50 bits per heavy atom. The number of ketones is 1. The average molecular weight is 185 g/mol. The van der Waals surface area contributed by atoms with Crippen molar-refractivity contribution in [3.63, 3.8) is 0 Å². The minimum atomic E-state index is -0.740. The van der Waals surface area contributed by atoms with Crippen LogP contribution in [0.25, 0.3) is 0 Å². The van der Waals surface area contributed by atoms with Crippen molar-refractivity contribution in [1.29, 1.82) is 0 Å². The molecule has 0 fully saturated rings. The Bertz CT molecular complexity index is 333. The lowest BCUT2D eigenvalue weighted by Gasteiger charge is -1.99. The molecule has 0 aromatic heterocycles. The fourth-order valence-corrected chi connectivity index (χ4v) is 0.993. The van der Waals surface area contributed by atoms with E-state index in [0.717, 1.165) is 0 Å². The zero-order valence-corrected chi connectivity index (χ0v) is 6.71. The third-order valence-electron chi connectivity index (χ3n) is 1.35. The molecule has 0 saturated carbocycles. The summed E-state index contributed by atoms with van der Waals surface area (Å²) in [6, 6.07) is 4.15. The quantitative estimate of drug-likeness (QED) is 0.430. The van der Waals surface area contributed by atoms with Crippen molar-refractivity contribution >= 4 is 23.7 Å². The Kier molecular flexibility index (Phi) is 2.45. The van der Waals surface area contributed by atoms with E-state index in [1.165, 1.54) is 18.2 Å². The van der Waals surface area contributed by atoms with Gasteiger partial charge in [-0.25, -0.2) is 0 Å². The molecule has 62 valence electrons. The molecule has 4 heteroatoms. The first-order chi connectivity index (χ1) is 5.66. The molecule has 0 aliphatic rings. The lowest BCUT2D eigenvalue weighted by Crippen LogP contribution is -2.00. The summed E-state index contributed by atoms with van der Waals surface area (Å²) in [5.41, 5.74) is 0.0201. The van der Waals surface area contributed by atoms with Crippen LogP contribution in [-0.2, 0) is 4.79 Å². The van der Waals surface area contributed by atoms with E-state index >= 15 is 0 Å². The normalized spacial score (nSPS) is 9.42. The van der Waals surface area contributed by atoms with Crippen LogP contribution in [0.3, 0.4) is 0 Å². The smallest absolute Gasteiger partial charge is 0.227 e. The number of hydrogen-bond donors (Lipinski definition) is 1. The van der Waals surface area contributed by atoms with E-state index in [-0.39, 0.29) is 22.6 Å². The third kappa shape index (κ3) is 1.46. The van der Waals surface area contributed by atoms with Crippen LogP contribution in [0, 0.1) is 0 Å². The molecule has 0 unspecified atom stereocenters. The second-order valence-corrected chi connectivity index (χ2v) is 2.50. The maximum Gasteiger partial charge on any atom is 0.227 e. The molecule has 0 saturated heterocycles. The summed E-state index contributed by atoms with van der Waals surface area (Å²) in [5, 5.41) is 8.96. The van der Waals surface area contributed by atoms with Gasteiger partial charge in [-0.2, -0.15) is 0 Å². The van der Waals surface area contributed by atoms with E-state index in [0.29, 0.717) is 0 Å². The van der Waals surface area contributed by atoms with Crippen LogP contribution in [0.15, 0.2) is 18.2 Å². The van der Waals surface area contributed by atoms with E-state index in [2.05, 4.69) is 0 Å². The van der Waals surface area contributed by atoms with Gasteiger partial charge in [0.25, 0.3) is 0 Å².